The minimum Gasteiger partial charge on any atom is -0.436 e. The molecule has 0 unspecified atom stereocenters. The van der Waals surface area contributed by atoms with E-state index in [4.69, 9.17) is 4.42 Å². The number of nitrogens with zero attached hydrogens (tertiary/aromatic N) is 3. The summed E-state index contributed by atoms with van der Waals surface area (Å²) in [5.74, 6) is 0.467. The minimum atomic E-state index is -0.0641. The number of hydrogen-bond acceptors (Lipinski definition) is 5. The van der Waals surface area contributed by atoms with Crippen molar-refractivity contribution < 1.29 is 18.8 Å². The van der Waals surface area contributed by atoms with Crippen LogP contribution in [-0.2, 0) is 4.79 Å². The summed E-state index contributed by atoms with van der Waals surface area (Å²) in [6.07, 6.45) is 4.42. The zero-order chi connectivity index (χ0) is 25.2. The summed E-state index contributed by atoms with van der Waals surface area (Å²) < 4.78 is 5.93. The summed E-state index contributed by atoms with van der Waals surface area (Å²) in [5.41, 5.74) is 3.21. The van der Waals surface area contributed by atoms with Gasteiger partial charge in [-0.1, -0.05) is 0 Å². The largest absolute Gasteiger partial charge is 0.436 e. The summed E-state index contributed by atoms with van der Waals surface area (Å²) >= 11 is 0. The zero-order valence-electron chi connectivity index (χ0n) is 20.8. The Balaban J connectivity index is 1.27. The van der Waals surface area contributed by atoms with Crippen molar-refractivity contribution in [1.29, 1.82) is 0 Å². The summed E-state index contributed by atoms with van der Waals surface area (Å²) in [7, 11) is 1.81. The van der Waals surface area contributed by atoms with E-state index in [1.807, 2.05) is 31.0 Å². The first kappa shape index (κ1) is 24.0. The maximum absolute atomic E-state index is 13.1. The van der Waals surface area contributed by atoms with Crippen molar-refractivity contribution in [3.05, 3.63) is 53.6 Å². The van der Waals surface area contributed by atoms with Gasteiger partial charge < -0.3 is 19.5 Å². The number of amides is 3. The van der Waals surface area contributed by atoms with Crippen LogP contribution < -0.4 is 5.32 Å². The Kier molecular flexibility index (Phi) is 6.76. The van der Waals surface area contributed by atoms with Gasteiger partial charge in [0.2, 0.25) is 11.8 Å². The molecule has 8 nitrogen and oxygen atoms in total. The SMILES string of the molecule is CCNC(=O)[C@H]1CC[C@@H](N(C)C(=O)c2ccc(-c3nc4cc(C(=O)N5CCCC5)ccc4o3)cc2)C1. The van der Waals surface area contributed by atoms with Gasteiger partial charge in [0, 0.05) is 55.3 Å². The third-order valence-corrected chi connectivity index (χ3v) is 7.40. The number of oxazole rings is 1. The standard InChI is InChI=1S/C28H32N4O4/c1-3-29-25(33)20-10-12-22(16-20)31(2)27(34)19-8-6-18(7-9-19)26-30-23-17-21(11-13-24(23)36-26)28(35)32-14-4-5-15-32/h6-9,11,13,17,20,22H,3-5,10,12,14-16H2,1-2H3,(H,29,33)/t20-,22+/m0/s1. The average molecular weight is 489 g/mol. The second-order valence-corrected chi connectivity index (χ2v) is 9.75. The maximum atomic E-state index is 13.1. The highest BCUT2D eigenvalue weighted by Crippen LogP contribution is 2.30. The fourth-order valence-corrected chi connectivity index (χ4v) is 5.28. The van der Waals surface area contributed by atoms with Gasteiger partial charge >= 0.3 is 0 Å². The number of carbonyl (C=O) groups is 3. The molecule has 2 atom stereocenters. The summed E-state index contributed by atoms with van der Waals surface area (Å²) in [4.78, 5) is 46.2. The fourth-order valence-electron chi connectivity index (χ4n) is 5.28. The van der Waals surface area contributed by atoms with Crippen LogP contribution >= 0.6 is 0 Å². The zero-order valence-corrected chi connectivity index (χ0v) is 20.8. The topological polar surface area (TPSA) is 95.8 Å². The molecule has 36 heavy (non-hydrogen) atoms. The van der Waals surface area contributed by atoms with Gasteiger partial charge in [-0.3, -0.25) is 14.4 Å². The lowest BCUT2D eigenvalue weighted by Gasteiger charge is -2.25. The van der Waals surface area contributed by atoms with Gasteiger partial charge in [-0.15, -0.1) is 0 Å². The van der Waals surface area contributed by atoms with Crippen LogP contribution in [0.4, 0.5) is 0 Å². The molecule has 5 rings (SSSR count). The molecule has 1 aromatic heterocycles. The van der Waals surface area contributed by atoms with Crippen LogP contribution in [0, 0.1) is 5.92 Å². The third-order valence-electron chi connectivity index (χ3n) is 7.40. The van der Waals surface area contributed by atoms with Crippen molar-refractivity contribution in [3.8, 4) is 11.5 Å². The molecule has 1 saturated heterocycles. The van der Waals surface area contributed by atoms with Crippen molar-refractivity contribution in [2.75, 3.05) is 26.7 Å². The summed E-state index contributed by atoms with van der Waals surface area (Å²) in [6.45, 7) is 4.14. The average Bonchev–Trinajstić information content (AvgIpc) is 3.67. The molecule has 1 N–H and O–H groups in total. The van der Waals surface area contributed by atoms with E-state index in [1.54, 1.807) is 35.2 Å². The molecule has 1 aliphatic heterocycles. The first-order chi connectivity index (χ1) is 17.4. The molecule has 2 heterocycles. The van der Waals surface area contributed by atoms with Gasteiger partial charge in [0.1, 0.15) is 5.52 Å². The van der Waals surface area contributed by atoms with E-state index < -0.39 is 0 Å². The van der Waals surface area contributed by atoms with Gasteiger partial charge in [0.25, 0.3) is 11.8 Å². The molecule has 2 aliphatic rings. The molecule has 1 aliphatic carbocycles. The minimum absolute atomic E-state index is 0.0297. The number of benzene rings is 2. The van der Waals surface area contributed by atoms with Gasteiger partial charge in [0.05, 0.1) is 0 Å². The van der Waals surface area contributed by atoms with Crippen LogP contribution in [0.1, 0.15) is 59.7 Å². The lowest BCUT2D eigenvalue weighted by atomic mass is 10.1. The lowest BCUT2D eigenvalue weighted by molar-refractivity contribution is -0.124. The van der Waals surface area contributed by atoms with E-state index in [2.05, 4.69) is 10.3 Å². The smallest absolute Gasteiger partial charge is 0.253 e. The maximum Gasteiger partial charge on any atom is 0.253 e. The van der Waals surface area contributed by atoms with E-state index in [1.165, 1.54) is 0 Å². The summed E-state index contributed by atoms with van der Waals surface area (Å²) in [6, 6.07) is 12.6. The van der Waals surface area contributed by atoms with E-state index in [0.717, 1.165) is 44.3 Å². The van der Waals surface area contributed by atoms with Gasteiger partial charge in [0.15, 0.2) is 5.58 Å². The van der Waals surface area contributed by atoms with Crippen LogP contribution in [0.15, 0.2) is 46.9 Å². The Morgan fingerprint density at radius 3 is 2.50 bits per heavy atom. The molecule has 3 aromatic rings. The number of fused-ring (bicyclic) bond motifs is 1. The highest BCUT2D eigenvalue weighted by atomic mass is 16.3. The van der Waals surface area contributed by atoms with Gasteiger partial charge in [-0.05, 0) is 81.5 Å². The number of carbonyl (C=O) groups excluding carboxylic acids is 3. The van der Waals surface area contributed by atoms with Crippen LogP contribution in [0.3, 0.4) is 0 Å². The Labute approximate surface area is 210 Å². The number of nitrogens with one attached hydrogen (secondary N) is 1. The number of rotatable bonds is 6. The highest BCUT2D eigenvalue weighted by Gasteiger charge is 2.33. The predicted octanol–water partition coefficient (Wildman–Crippen LogP) is 4.11. The van der Waals surface area contributed by atoms with Crippen LogP contribution in [0.5, 0.6) is 0 Å². The van der Waals surface area contributed by atoms with Crippen LogP contribution in [0.2, 0.25) is 0 Å². The van der Waals surface area contributed by atoms with Crippen molar-refractivity contribution >= 4 is 28.8 Å². The molecule has 0 radical (unpaired) electrons. The fraction of sp³-hybridized carbons (Fsp3) is 0.429. The molecule has 3 amide bonds. The molecular weight excluding hydrogens is 456 g/mol. The number of aromatic nitrogens is 1. The van der Waals surface area contributed by atoms with Gasteiger partial charge in [-0.2, -0.15) is 0 Å². The Bertz CT molecular complexity index is 1280. The van der Waals surface area contributed by atoms with E-state index >= 15 is 0 Å². The monoisotopic (exact) mass is 488 g/mol. The van der Waals surface area contributed by atoms with Crippen molar-refractivity contribution in [2.24, 2.45) is 5.92 Å². The molecule has 0 spiro atoms. The third kappa shape index (κ3) is 4.72. The molecule has 188 valence electrons. The normalized spacial score (nSPS) is 19.6. The van der Waals surface area contributed by atoms with Crippen LogP contribution in [-0.4, -0.2) is 65.2 Å². The molecular formula is C28H32N4O4. The first-order valence-corrected chi connectivity index (χ1v) is 12.8. The van der Waals surface area contributed by atoms with Crippen molar-refractivity contribution in [1.82, 2.24) is 20.1 Å². The summed E-state index contributed by atoms with van der Waals surface area (Å²) in [5, 5.41) is 2.88. The Hall–Kier alpha value is -3.68. The molecule has 1 saturated carbocycles. The van der Waals surface area contributed by atoms with Gasteiger partial charge in [-0.25, -0.2) is 4.98 Å². The van der Waals surface area contributed by atoms with Crippen molar-refractivity contribution in [3.63, 3.8) is 0 Å². The second kappa shape index (κ2) is 10.1. The number of likely N-dealkylation sites (tertiary alicyclic amines) is 1. The van der Waals surface area contributed by atoms with E-state index in [-0.39, 0.29) is 29.7 Å². The first-order valence-electron chi connectivity index (χ1n) is 12.8. The van der Waals surface area contributed by atoms with E-state index in [9.17, 15) is 14.4 Å². The highest BCUT2D eigenvalue weighted by molar-refractivity contribution is 5.97. The molecule has 2 aromatic carbocycles. The molecule has 8 heteroatoms. The second-order valence-electron chi connectivity index (χ2n) is 9.75. The molecule has 0 bridgehead atoms. The quantitative estimate of drug-likeness (QED) is 0.563. The number of hydrogen-bond donors (Lipinski definition) is 1. The predicted molar refractivity (Wildman–Crippen MR) is 136 cm³/mol. The van der Waals surface area contributed by atoms with Crippen molar-refractivity contribution in [2.45, 2.75) is 45.1 Å². The van der Waals surface area contributed by atoms with Crippen LogP contribution in [0.25, 0.3) is 22.6 Å². The van der Waals surface area contributed by atoms with E-state index in [0.29, 0.717) is 41.1 Å². The Morgan fingerprint density at radius 2 is 1.78 bits per heavy atom. The Morgan fingerprint density at radius 1 is 1.06 bits per heavy atom. The molecule has 2 fully saturated rings. The lowest BCUT2D eigenvalue weighted by Crippen LogP contribution is -2.36.